The Labute approximate surface area is 128 Å². The minimum absolute atomic E-state index is 0.0292. The molecule has 0 spiro atoms. The molecule has 1 N–H and O–H groups in total. The lowest BCUT2D eigenvalue weighted by molar-refractivity contribution is 0.0948. The van der Waals surface area contributed by atoms with E-state index in [2.05, 4.69) is 39.1 Å². The maximum absolute atomic E-state index is 12.8. The van der Waals surface area contributed by atoms with Gasteiger partial charge < -0.3 is 10.1 Å². The molecule has 3 heteroatoms. The van der Waals surface area contributed by atoms with E-state index in [9.17, 15) is 4.79 Å². The predicted octanol–water partition coefficient (Wildman–Crippen LogP) is 3.71. The number of nitrogens with one attached hydrogen (secondary N) is 1. The van der Waals surface area contributed by atoms with Gasteiger partial charge >= 0.3 is 0 Å². The van der Waals surface area contributed by atoms with Crippen LogP contribution in [0.4, 0.5) is 0 Å². The van der Waals surface area contributed by atoms with E-state index < -0.39 is 0 Å². The molecule has 2 rings (SSSR count). The molecule has 1 aromatic carbocycles. The van der Waals surface area contributed by atoms with Crippen molar-refractivity contribution in [3.8, 4) is 5.75 Å². The maximum atomic E-state index is 12.8. The number of rotatable bonds is 5. The van der Waals surface area contributed by atoms with E-state index in [4.69, 9.17) is 4.74 Å². The molecular weight excluding hydrogens is 262 g/mol. The molecule has 0 saturated carbocycles. The van der Waals surface area contributed by atoms with Gasteiger partial charge in [0.15, 0.2) is 5.78 Å². The zero-order valence-corrected chi connectivity index (χ0v) is 13.7. The molecule has 1 heterocycles. The minimum atomic E-state index is -0.0517. The highest BCUT2D eigenvalue weighted by Gasteiger charge is 2.27. The first-order valence-electron chi connectivity index (χ1n) is 7.98. The Balaban J connectivity index is 2.34. The number of hydrogen-bond acceptors (Lipinski definition) is 3. The third-order valence-corrected chi connectivity index (χ3v) is 3.95. The Bertz CT molecular complexity index is 496. The fraction of sp³-hybridized carbons (Fsp3) is 0.611. The second-order valence-electron chi connectivity index (χ2n) is 6.82. The van der Waals surface area contributed by atoms with Gasteiger partial charge in [0.1, 0.15) is 5.75 Å². The smallest absolute Gasteiger partial charge is 0.183 e. The molecule has 3 nitrogen and oxygen atoms in total. The van der Waals surface area contributed by atoms with Gasteiger partial charge in [-0.15, -0.1) is 0 Å². The number of ether oxygens (including phenoxy) is 1. The van der Waals surface area contributed by atoms with Gasteiger partial charge in [-0.25, -0.2) is 0 Å². The van der Waals surface area contributed by atoms with Crippen molar-refractivity contribution in [3.63, 3.8) is 0 Å². The molecule has 0 amide bonds. The van der Waals surface area contributed by atoms with Gasteiger partial charge in [-0.1, -0.05) is 33.8 Å². The Morgan fingerprint density at radius 1 is 1.38 bits per heavy atom. The molecule has 1 aliphatic rings. The lowest BCUT2D eigenvalue weighted by Crippen LogP contribution is -2.31. The van der Waals surface area contributed by atoms with Crippen LogP contribution in [0.15, 0.2) is 18.2 Å². The first-order valence-corrected chi connectivity index (χ1v) is 7.98. The highest BCUT2D eigenvalue weighted by molar-refractivity contribution is 6.02. The Kier molecular flexibility index (Phi) is 5.04. The van der Waals surface area contributed by atoms with E-state index in [-0.39, 0.29) is 17.2 Å². The molecule has 1 fully saturated rings. The van der Waals surface area contributed by atoms with Crippen LogP contribution in [0.5, 0.6) is 5.75 Å². The fourth-order valence-corrected chi connectivity index (χ4v) is 2.62. The van der Waals surface area contributed by atoms with E-state index >= 15 is 0 Å². The first kappa shape index (κ1) is 16.0. The van der Waals surface area contributed by atoms with Crippen molar-refractivity contribution >= 4 is 5.78 Å². The van der Waals surface area contributed by atoms with Gasteiger partial charge in [0, 0.05) is 0 Å². The quantitative estimate of drug-likeness (QED) is 0.840. The summed E-state index contributed by atoms with van der Waals surface area (Å²) in [5.41, 5.74) is 1.93. The third kappa shape index (κ3) is 3.85. The van der Waals surface area contributed by atoms with E-state index in [1.54, 1.807) is 0 Å². The summed E-state index contributed by atoms with van der Waals surface area (Å²) in [6, 6.07) is 6.00. The number of carbonyl (C=O) groups is 1. The van der Waals surface area contributed by atoms with Gasteiger partial charge in [0.05, 0.1) is 18.2 Å². The molecule has 0 aromatic heterocycles. The maximum Gasteiger partial charge on any atom is 0.183 e. The van der Waals surface area contributed by atoms with E-state index in [0.717, 1.165) is 37.1 Å². The number of benzene rings is 1. The van der Waals surface area contributed by atoms with Gasteiger partial charge in [-0.05, 0) is 48.9 Å². The van der Waals surface area contributed by atoms with E-state index in [1.165, 1.54) is 5.56 Å². The molecule has 116 valence electrons. The SMILES string of the molecule is CCCOc1ccc(C(C)(C)C)cc1C(=O)C1CCCN1. The standard InChI is InChI=1S/C18H27NO2/c1-5-11-21-16-9-8-13(18(2,3)4)12-14(16)17(20)15-7-6-10-19-15/h8-9,12,15,19H,5-7,10-11H2,1-4H3. The fourth-order valence-electron chi connectivity index (χ4n) is 2.62. The number of hydrogen-bond donors (Lipinski definition) is 1. The average molecular weight is 289 g/mol. The average Bonchev–Trinajstić information content (AvgIpc) is 2.97. The summed E-state index contributed by atoms with van der Waals surface area (Å²) in [7, 11) is 0. The summed E-state index contributed by atoms with van der Waals surface area (Å²) in [6.45, 7) is 10.1. The molecule has 0 aliphatic carbocycles. The zero-order valence-electron chi connectivity index (χ0n) is 13.7. The van der Waals surface area contributed by atoms with Crippen molar-refractivity contribution in [1.29, 1.82) is 0 Å². The van der Waals surface area contributed by atoms with Crippen LogP contribution < -0.4 is 10.1 Å². The number of Topliss-reactive ketones (excluding diaryl/α,β-unsaturated/α-hetero) is 1. The lowest BCUT2D eigenvalue weighted by Gasteiger charge is -2.22. The zero-order chi connectivity index (χ0) is 15.5. The summed E-state index contributed by atoms with van der Waals surface area (Å²) in [6.07, 6.45) is 2.93. The van der Waals surface area contributed by atoms with Crippen molar-refractivity contribution in [2.45, 2.75) is 58.4 Å². The Morgan fingerprint density at radius 2 is 2.14 bits per heavy atom. The number of ketones is 1. The molecule has 0 bridgehead atoms. The number of carbonyl (C=O) groups excluding carboxylic acids is 1. The molecular formula is C18H27NO2. The van der Waals surface area contributed by atoms with Gasteiger partial charge in [-0.3, -0.25) is 4.79 Å². The van der Waals surface area contributed by atoms with Crippen molar-refractivity contribution in [3.05, 3.63) is 29.3 Å². The summed E-state index contributed by atoms with van der Waals surface area (Å²) >= 11 is 0. The summed E-state index contributed by atoms with van der Waals surface area (Å²) in [5, 5.41) is 3.29. The van der Waals surface area contributed by atoms with E-state index in [1.807, 2.05) is 12.1 Å². The van der Waals surface area contributed by atoms with Crippen molar-refractivity contribution in [2.75, 3.05) is 13.2 Å². The third-order valence-electron chi connectivity index (χ3n) is 3.95. The molecule has 1 aliphatic heterocycles. The van der Waals surface area contributed by atoms with Crippen LogP contribution in [0.1, 0.15) is 62.9 Å². The van der Waals surface area contributed by atoms with Crippen LogP contribution >= 0.6 is 0 Å². The molecule has 1 unspecified atom stereocenters. The van der Waals surface area contributed by atoms with Crippen LogP contribution in [0.2, 0.25) is 0 Å². The second-order valence-corrected chi connectivity index (χ2v) is 6.82. The summed E-state index contributed by atoms with van der Waals surface area (Å²) in [4.78, 5) is 12.8. The summed E-state index contributed by atoms with van der Waals surface area (Å²) in [5.74, 6) is 0.897. The predicted molar refractivity (Wildman–Crippen MR) is 86.3 cm³/mol. The topological polar surface area (TPSA) is 38.3 Å². The normalized spacial score (nSPS) is 18.8. The molecule has 1 saturated heterocycles. The first-order chi connectivity index (χ1) is 9.93. The Morgan fingerprint density at radius 3 is 2.71 bits per heavy atom. The highest BCUT2D eigenvalue weighted by Crippen LogP contribution is 2.30. The lowest BCUT2D eigenvalue weighted by atomic mass is 9.85. The van der Waals surface area contributed by atoms with E-state index in [0.29, 0.717) is 6.61 Å². The molecule has 1 aromatic rings. The molecule has 1 atom stereocenters. The monoisotopic (exact) mass is 289 g/mol. The molecule has 21 heavy (non-hydrogen) atoms. The van der Waals surface area contributed by atoms with Gasteiger partial charge in [0.2, 0.25) is 0 Å². The second kappa shape index (κ2) is 6.61. The van der Waals surface area contributed by atoms with Crippen LogP contribution in [0.3, 0.4) is 0 Å². The van der Waals surface area contributed by atoms with Gasteiger partial charge in [0.25, 0.3) is 0 Å². The Hall–Kier alpha value is -1.35. The minimum Gasteiger partial charge on any atom is -0.493 e. The van der Waals surface area contributed by atoms with Crippen molar-refractivity contribution in [2.24, 2.45) is 0 Å². The van der Waals surface area contributed by atoms with Gasteiger partial charge in [-0.2, -0.15) is 0 Å². The molecule has 0 radical (unpaired) electrons. The van der Waals surface area contributed by atoms with Crippen LogP contribution in [0.25, 0.3) is 0 Å². The van der Waals surface area contributed by atoms with Crippen LogP contribution in [-0.4, -0.2) is 25.0 Å². The van der Waals surface area contributed by atoms with Crippen LogP contribution in [0, 0.1) is 0 Å². The summed E-state index contributed by atoms with van der Waals surface area (Å²) < 4.78 is 5.79. The van der Waals surface area contributed by atoms with Crippen molar-refractivity contribution in [1.82, 2.24) is 5.32 Å². The van der Waals surface area contributed by atoms with Crippen LogP contribution in [-0.2, 0) is 5.41 Å². The van der Waals surface area contributed by atoms with Crippen molar-refractivity contribution < 1.29 is 9.53 Å². The highest BCUT2D eigenvalue weighted by atomic mass is 16.5. The largest absolute Gasteiger partial charge is 0.493 e.